The zero-order valence-electron chi connectivity index (χ0n) is 10.3. The van der Waals surface area contributed by atoms with Crippen LogP contribution in [0.25, 0.3) is 0 Å². The lowest BCUT2D eigenvalue weighted by atomic mass is 9.93. The molecule has 4 heteroatoms. The summed E-state index contributed by atoms with van der Waals surface area (Å²) >= 11 is 3.39. The van der Waals surface area contributed by atoms with E-state index in [1.54, 1.807) is 13.8 Å². The molecule has 0 amide bonds. The third kappa shape index (κ3) is 4.13. The monoisotopic (exact) mass is 299 g/mol. The molecule has 0 saturated carbocycles. The lowest BCUT2D eigenvalue weighted by molar-refractivity contribution is -0.146. The van der Waals surface area contributed by atoms with Gasteiger partial charge in [-0.2, -0.15) is 0 Å². The number of nitrogens with one attached hydrogen (secondary N) is 1. The summed E-state index contributed by atoms with van der Waals surface area (Å²) in [5.74, 6) is -0.784. The molecular weight excluding hydrogens is 282 g/mol. The van der Waals surface area contributed by atoms with Gasteiger partial charge in [0.15, 0.2) is 0 Å². The van der Waals surface area contributed by atoms with Crippen LogP contribution < -0.4 is 5.32 Å². The Kier molecular flexibility index (Phi) is 4.71. The van der Waals surface area contributed by atoms with Gasteiger partial charge in [-0.3, -0.25) is 4.79 Å². The molecule has 2 N–H and O–H groups in total. The molecule has 0 bridgehead atoms. The molecular formula is C13H18BrNO2. The van der Waals surface area contributed by atoms with Crippen molar-refractivity contribution in [2.24, 2.45) is 5.41 Å². The number of carboxylic acid groups (broad SMARTS) is 1. The van der Waals surface area contributed by atoms with Crippen molar-refractivity contribution < 1.29 is 9.90 Å². The van der Waals surface area contributed by atoms with Crippen LogP contribution in [0.3, 0.4) is 0 Å². The Morgan fingerprint density at radius 3 is 2.41 bits per heavy atom. The topological polar surface area (TPSA) is 49.3 Å². The van der Waals surface area contributed by atoms with Crippen molar-refractivity contribution in [2.45, 2.75) is 26.8 Å². The van der Waals surface area contributed by atoms with Crippen molar-refractivity contribution >= 4 is 21.9 Å². The minimum atomic E-state index is -0.784. The number of carbonyl (C=O) groups is 1. The molecule has 94 valence electrons. The van der Waals surface area contributed by atoms with Crippen LogP contribution in [0.4, 0.5) is 0 Å². The highest BCUT2D eigenvalue weighted by Crippen LogP contribution is 2.19. The fraction of sp³-hybridized carbons (Fsp3) is 0.462. The van der Waals surface area contributed by atoms with Gasteiger partial charge in [-0.1, -0.05) is 28.1 Å². The number of aliphatic carboxylic acids is 1. The van der Waals surface area contributed by atoms with Gasteiger partial charge in [0.25, 0.3) is 0 Å². The van der Waals surface area contributed by atoms with Crippen LogP contribution in [0, 0.1) is 5.41 Å². The summed E-state index contributed by atoms with van der Waals surface area (Å²) in [6, 6.07) is 8.15. The molecule has 0 aliphatic rings. The second-order valence-corrected chi connectivity index (χ2v) is 5.76. The van der Waals surface area contributed by atoms with Gasteiger partial charge in [0.05, 0.1) is 5.41 Å². The molecule has 1 atom stereocenters. The molecule has 17 heavy (non-hydrogen) atoms. The smallest absolute Gasteiger partial charge is 0.310 e. The number of hydrogen-bond acceptors (Lipinski definition) is 2. The van der Waals surface area contributed by atoms with Crippen LogP contribution >= 0.6 is 15.9 Å². The first-order valence-electron chi connectivity index (χ1n) is 5.55. The minimum Gasteiger partial charge on any atom is -0.481 e. The van der Waals surface area contributed by atoms with E-state index in [1.807, 2.05) is 31.2 Å². The molecule has 0 aliphatic carbocycles. The van der Waals surface area contributed by atoms with E-state index in [2.05, 4.69) is 21.2 Å². The summed E-state index contributed by atoms with van der Waals surface area (Å²) < 4.78 is 1.04. The number of halogens is 1. The first kappa shape index (κ1) is 14.2. The van der Waals surface area contributed by atoms with Crippen molar-refractivity contribution in [1.29, 1.82) is 0 Å². The normalized spacial score (nSPS) is 13.4. The van der Waals surface area contributed by atoms with E-state index in [-0.39, 0.29) is 6.04 Å². The molecule has 1 aromatic carbocycles. The number of hydrogen-bond donors (Lipinski definition) is 2. The van der Waals surface area contributed by atoms with Crippen molar-refractivity contribution in [2.75, 3.05) is 6.54 Å². The first-order valence-corrected chi connectivity index (χ1v) is 6.34. The predicted molar refractivity (Wildman–Crippen MR) is 72.0 cm³/mol. The summed E-state index contributed by atoms with van der Waals surface area (Å²) in [6.45, 7) is 5.91. The zero-order valence-corrected chi connectivity index (χ0v) is 11.9. The summed E-state index contributed by atoms with van der Waals surface area (Å²) in [5.41, 5.74) is 0.401. The van der Waals surface area contributed by atoms with Crippen molar-refractivity contribution in [1.82, 2.24) is 5.32 Å². The maximum atomic E-state index is 11.0. The summed E-state index contributed by atoms with van der Waals surface area (Å²) in [6.07, 6.45) is 0. The number of benzene rings is 1. The molecule has 0 aromatic heterocycles. The second-order valence-electron chi connectivity index (χ2n) is 4.84. The minimum absolute atomic E-state index is 0.140. The third-order valence-corrected chi connectivity index (χ3v) is 3.33. The Labute approximate surface area is 110 Å². The molecule has 0 aliphatic heterocycles. The van der Waals surface area contributed by atoms with Gasteiger partial charge in [0.1, 0.15) is 0 Å². The van der Waals surface area contributed by atoms with E-state index in [0.29, 0.717) is 6.54 Å². The predicted octanol–water partition coefficient (Wildman–Crippen LogP) is 3.21. The quantitative estimate of drug-likeness (QED) is 0.878. The Bertz CT molecular complexity index is 387. The second kappa shape index (κ2) is 5.65. The van der Waals surface area contributed by atoms with E-state index < -0.39 is 11.4 Å². The molecule has 1 aromatic rings. The lowest BCUT2D eigenvalue weighted by Crippen LogP contribution is -2.37. The van der Waals surface area contributed by atoms with Crippen molar-refractivity contribution in [3.05, 3.63) is 34.3 Å². The molecule has 0 heterocycles. The lowest BCUT2D eigenvalue weighted by Gasteiger charge is -2.23. The SMILES string of the molecule is CC(NCC(C)(C)C(=O)O)c1ccc(Br)cc1. The molecule has 0 radical (unpaired) electrons. The largest absolute Gasteiger partial charge is 0.481 e. The fourth-order valence-corrected chi connectivity index (χ4v) is 1.62. The Morgan fingerprint density at radius 2 is 1.94 bits per heavy atom. The van der Waals surface area contributed by atoms with Gasteiger partial charge >= 0.3 is 5.97 Å². The van der Waals surface area contributed by atoms with Crippen molar-refractivity contribution in [3.63, 3.8) is 0 Å². The molecule has 0 fully saturated rings. The van der Waals surface area contributed by atoms with E-state index in [9.17, 15) is 4.79 Å². The van der Waals surface area contributed by atoms with Gasteiger partial charge < -0.3 is 10.4 Å². The van der Waals surface area contributed by atoms with E-state index >= 15 is 0 Å². The summed E-state index contributed by atoms with van der Waals surface area (Å²) in [4.78, 5) is 11.0. The molecule has 3 nitrogen and oxygen atoms in total. The zero-order chi connectivity index (χ0) is 13.1. The number of carboxylic acids is 1. The molecule has 0 spiro atoms. The van der Waals surface area contributed by atoms with Crippen molar-refractivity contribution in [3.8, 4) is 0 Å². The maximum absolute atomic E-state index is 11.0. The van der Waals surface area contributed by atoms with Gasteiger partial charge in [-0.25, -0.2) is 0 Å². The van der Waals surface area contributed by atoms with E-state index in [1.165, 1.54) is 0 Å². The average Bonchev–Trinajstić information content (AvgIpc) is 2.27. The van der Waals surface area contributed by atoms with Gasteiger partial charge in [0, 0.05) is 17.1 Å². The summed E-state index contributed by atoms with van der Waals surface area (Å²) in [7, 11) is 0. The van der Waals surface area contributed by atoms with Crippen LogP contribution in [-0.2, 0) is 4.79 Å². The average molecular weight is 300 g/mol. The van der Waals surface area contributed by atoms with E-state index in [0.717, 1.165) is 10.0 Å². The van der Waals surface area contributed by atoms with E-state index in [4.69, 9.17) is 5.11 Å². The number of rotatable bonds is 5. The van der Waals surface area contributed by atoms with Crippen LogP contribution in [-0.4, -0.2) is 17.6 Å². The fourth-order valence-electron chi connectivity index (χ4n) is 1.35. The van der Waals surface area contributed by atoms with Crippen LogP contribution in [0.15, 0.2) is 28.7 Å². The standard InChI is InChI=1S/C13H18BrNO2/c1-9(10-4-6-11(14)7-5-10)15-8-13(2,3)12(16)17/h4-7,9,15H,8H2,1-3H3,(H,16,17). The highest BCUT2D eigenvalue weighted by Gasteiger charge is 2.27. The highest BCUT2D eigenvalue weighted by molar-refractivity contribution is 9.10. The van der Waals surface area contributed by atoms with Crippen LogP contribution in [0.2, 0.25) is 0 Å². The molecule has 0 saturated heterocycles. The molecule has 1 unspecified atom stereocenters. The van der Waals surface area contributed by atoms with Gasteiger partial charge in [-0.15, -0.1) is 0 Å². The highest BCUT2D eigenvalue weighted by atomic mass is 79.9. The van der Waals surface area contributed by atoms with Gasteiger partial charge in [0.2, 0.25) is 0 Å². The van der Waals surface area contributed by atoms with Crippen LogP contribution in [0.5, 0.6) is 0 Å². The van der Waals surface area contributed by atoms with Crippen LogP contribution in [0.1, 0.15) is 32.4 Å². The maximum Gasteiger partial charge on any atom is 0.310 e. The molecule has 1 rings (SSSR count). The Balaban J connectivity index is 2.58. The third-order valence-electron chi connectivity index (χ3n) is 2.80. The summed E-state index contributed by atoms with van der Waals surface area (Å²) in [5, 5.41) is 12.3. The first-order chi connectivity index (χ1) is 7.83. The Hall–Kier alpha value is -0.870. The Morgan fingerprint density at radius 1 is 1.41 bits per heavy atom. The van der Waals surface area contributed by atoms with Gasteiger partial charge in [-0.05, 0) is 38.5 Å².